The molecule has 0 radical (unpaired) electrons. The summed E-state index contributed by atoms with van der Waals surface area (Å²) >= 11 is 1.52. The Morgan fingerprint density at radius 1 is 1.08 bits per heavy atom. The number of benzene rings is 2. The van der Waals surface area contributed by atoms with Crippen LogP contribution in [-0.2, 0) is 4.79 Å². The van der Waals surface area contributed by atoms with E-state index < -0.39 is 40.5 Å². The minimum Gasteiger partial charge on any atom is -0.301 e. The monoisotopic (exact) mass is 390 g/mol. The first-order chi connectivity index (χ1) is 11.8. The molecule has 0 aliphatic carbocycles. The first kappa shape index (κ1) is 17.6. The molecule has 130 valence electrons. The molecule has 0 unspecified atom stereocenters. The molecule has 3 rings (SSSR count). The SMILES string of the molecule is O=C(CSc1cc(F)ccc1F)Nc1nc2c(F)c(F)c(F)cc2s1. The summed E-state index contributed by atoms with van der Waals surface area (Å²) in [6.45, 7) is 0. The molecule has 0 atom stereocenters. The summed E-state index contributed by atoms with van der Waals surface area (Å²) in [5.74, 6) is -6.64. The quantitative estimate of drug-likeness (QED) is 0.398. The number of halogens is 5. The molecule has 0 aliphatic rings. The number of fused-ring (bicyclic) bond motifs is 1. The number of anilines is 1. The summed E-state index contributed by atoms with van der Waals surface area (Å²) in [4.78, 5) is 15.5. The number of thioether (sulfide) groups is 1. The molecular formula is C15H7F5N2OS2. The second kappa shape index (κ2) is 6.96. The van der Waals surface area contributed by atoms with Gasteiger partial charge >= 0.3 is 0 Å². The van der Waals surface area contributed by atoms with Crippen LogP contribution in [0.25, 0.3) is 10.2 Å². The highest BCUT2D eigenvalue weighted by molar-refractivity contribution is 8.00. The second-order valence-corrected chi connectivity index (χ2v) is 6.81. The van der Waals surface area contributed by atoms with Crippen molar-refractivity contribution in [1.82, 2.24) is 4.98 Å². The molecule has 0 saturated carbocycles. The lowest BCUT2D eigenvalue weighted by molar-refractivity contribution is -0.113. The molecule has 25 heavy (non-hydrogen) atoms. The van der Waals surface area contributed by atoms with Crippen LogP contribution in [0, 0.1) is 29.1 Å². The summed E-state index contributed by atoms with van der Waals surface area (Å²) in [5, 5.41) is 2.26. The van der Waals surface area contributed by atoms with E-state index in [1.807, 2.05) is 0 Å². The maximum atomic E-state index is 13.6. The largest absolute Gasteiger partial charge is 0.301 e. The van der Waals surface area contributed by atoms with Gasteiger partial charge in [-0.25, -0.2) is 26.9 Å². The Hall–Kier alpha value is -2.20. The zero-order valence-corrected chi connectivity index (χ0v) is 13.7. The van der Waals surface area contributed by atoms with E-state index in [0.29, 0.717) is 0 Å². The molecule has 0 aliphatic heterocycles. The van der Waals surface area contributed by atoms with Crippen molar-refractivity contribution in [3.8, 4) is 0 Å². The summed E-state index contributed by atoms with van der Waals surface area (Å²) in [7, 11) is 0. The fourth-order valence-electron chi connectivity index (χ4n) is 1.91. The van der Waals surface area contributed by atoms with E-state index in [0.717, 1.165) is 47.4 Å². The van der Waals surface area contributed by atoms with E-state index in [9.17, 15) is 26.7 Å². The van der Waals surface area contributed by atoms with E-state index >= 15 is 0 Å². The number of nitrogens with one attached hydrogen (secondary N) is 1. The van der Waals surface area contributed by atoms with Crippen LogP contribution >= 0.6 is 23.1 Å². The van der Waals surface area contributed by atoms with Crippen molar-refractivity contribution in [3.05, 3.63) is 53.4 Å². The molecule has 0 fully saturated rings. The van der Waals surface area contributed by atoms with Gasteiger partial charge in [0.1, 0.15) is 17.2 Å². The van der Waals surface area contributed by atoms with Gasteiger partial charge in [-0.2, -0.15) is 0 Å². The van der Waals surface area contributed by atoms with Crippen molar-refractivity contribution >= 4 is 44.4 Å². The van der Waals surface area contributed by atoms with Gasteiger partial charge in [0, 0.05) is 4.90 Å². The van der Waals surface area contributed by atoms with Gasteiger partial charge in [0.15, 0.2) is 22.6 Å². The number of carbonyl (C=O) groups is 1. The molecular weight excluding hydrogens is 383 g/mol. The van der Waals surface area contributed by atoms with Crippen molar-refractivity contribution in [3.63, 3.8) is 0 Å². The van der Waals surface area contributed by atoms with Gasteiger partial charge in [-0.1, -0.05) is 11.3 Å². The van der Waals surface area contributed by atoms with Crippen LogP contribution in [0.5, 0.6) is 0 Å². The summed E-state index contributed by atoms with van der Waals surface area (Å²) in [6, 6.07) is 3.62. The topological polar surface area (TPSA) is 42.0 Å². The Bertz CT molecular complexity index is 976. The van der Waals surface area contributed by atoms with Crippen molar-refractivity contribution in [2.75, 3.05) is 11.1 Å². The number of nitrogens with zero attached hydrogens (tertiary/aromatic N) is 1. The van der Waals surface area contributed by atoms with E-state index in [1.165, 1.54) is 0 Å². The zero-order valence-electron chi connectivity index (χ0n) is 12.1. The molecule has 3 nitrogen and oxygen atoms in total. The van der Waals surface area contributed by atoms with Gasteiger partial charge in [0.2, 0.25) is 5.91 Å². The second-order valence-electron chi connectivity index (χ2n) is 4.76. The standard InChI is InChI=1S/C15H7F5N2OS2/c16-6-1-2-7(17)9(3-6)24-5-11(23)21-15-22-14-10(25-15)4-8(18)12(19)13(14)20/h1-4H,5H2,(H,21,22,23). The molecule has 3 aromatic rings. The lowest BCUT2D eigenvalue weighted by Gasteiger charge is -2.03. The van der Waals surface area contributed by atoms with E-state index in [2.05, 4.69) is 10.3 Å². The predicted octanol–water partition coefficient (Wildman–Crippen LogP) is 4.72. The molecule has 0 bridgehead atoms. The Kier molecular flexibility index (Phi) is 4.91. The van der Waals surface area contributed by atoms with Crippen LogP contribution in [0.15, 0.2) is 29.2 Å². The molecule has 10 heteroatoms. The van der Waals surface area contributed by atoms with Gasteiger partial charge in [-0.3, -0.25) is 4.79 Å². The average molecular weight is 390 g/mol. The Morgan fingerprint density at radius 3 is 2.60 bits per heavy atom. The van der Waals surface area contributed by atoms with Gasteiger partial charge in [0.05, 0.1) is 10.5 Å². The summed E-state index contributed by atoms with van der Waals surface area (Å²) in [6.07, 6.45) is 0. The minimum atomic E-state index is -1.65. The molecule has 1 aromatic heterocycles. The van der Waals surface area contributed by atoms with Crippen LogP contribution in [0.2, 0.25) is 0 Å². The first-order valence-corrected chi connectivity index (χ1v) is 8.47. The van der Waals surface area contributed by atoms with Crippen LogP contribution in [0.4, 0.5) is 27.1 Å². The first-order valence-electron chi connectivity index (χ1n) is 6.67. The fourth-order valence-corrected chi connectivity index (χ4v) is 3.58. The third-order valence-electron chi connectivity index (χ3n) is 3.02. The van der Waals surface area contributed by atoms with Crippen molar-refractivity contribution in [2.45, 2.75) is 4.90 Å². The van der Waals surface area contributed by atoms with Gasteiger partial charge in [-0.05, 0) is 24.3 Å². The van der Waals surface area contributed by atoms with Crippen LogP contribution in [-0.4, -0.2) is 16.6 Å². The summed E-state index contributed by atoms with van der Waals surface area (Å²) < 4.78 is 66.5. The zero-order chi connectivity index (χ0) is 18.1. The number of hydrogen-bond donors (Lipinski definition) is 1. The molecule has 0 spiro atoms. The maximum absolute atomic E-state index is 13.6. The van der Waals surface area contributed by atoms with Crippen molar-refractivity contribution in [2.24, 2.45) is 0 Å². The highest BCUT2D eigenvalue weighted by Gasteiger charge is 2.18. The highest BCUT2D eigenvalue weighted by Crippen LogP contribution is 2.30. The molecule has 1 N–H and O–H groups in total. The Labute approximate surface area is 145 Å². The normalized spacial score (nSPS) is 11.1. The molecule has 0 saturated heterocycles. The third kappa shape index (κ3) is 3.74. The number of amides is 1. The average Bonchev–Trinajstić information content (AvgIpc) is 2.96. The van der Waals surface area contributed by atoms with Crippen LogP contribution in [0.1, 0.15) is 0 Å². The van der Waals surface area contributed by atoms with Gasteiger partial charge in [-0.15, -0.1) is 11.8 Å². The Morgan fingerprint density at radius 2 is 1.84 bits per heavy atom. The smallest absolute Gasteiger partial charge is 0.236 e. The summed E-state index contributed by atoms with van der Waals surface area (Å²) in [5.41, 5.74) is -0.400. The van der Waals surface area contributed by atoms with Gasteiger partial charge in [0.25, 0.3) is 0 Å². The Balaban J connectivity index is 1.72. The van der Waals surface area contributed by atoms with E-state index in [1.54, 1.807) is 0 Å². The number of carbonyl (C=O) groups excluding carboxylic acids is 1. The van der Waals surface area contributed by atoms with E-state index in [-0.39, 0.29) is 20.5 Å². The van der Waals surface area contributed by atoms with Crippen molar-refractivity contribution < 1.29 is 26.7 Å². The molecule has 1 heterocycles. The molecule has 2 aromatic carbocycles. The number of thiazole rings is 1. The lowest BCUT2D eigenvalue weighted by Crippen LogP contribution is -2.13. The lowest BCUT2D eigenvalue weighted by atomic mass is 10.3. The van der Waals surface area contributed by atoms with E-state index in [4.69, 9.17) is 0 Å². The fraction of sp³-hybridized carbons (Fsp3) is 0.0667. The third-order valence-corrected chi connectivity index (χ3v) is 4.97. The van der Waals surface area contributed by atoms with Gasteiger partial charge < -0.3 is 5.32 Å². The molecule has 1 amide bonds. The van der Waals surface area contributed by atoms with Crippen LogP contribution in [0.3, 0.4) is 0 Å². The highest BCUT2D eigenvalue weighted by atomic mass is 32.2. The van der Waals surface area contributed by atoms with Crippen molar-refractivity contribution in [1.29, 1.82) is 0 Å². The number of hydrogen-bond acceptors (Lipinski definition) is 4. The number of aromatic nitrogens is 1. The predicted molar refractivity (Wildman–Crippen MR) is 85.2 cm³/mol. The van der Waals surface area contributed by atoms with Crippen LogP contribution < -0.4 is 5.32 Å². The minimum absolute atomic E-state index is 0.0236. The maximum Gasteiger partial charge on any atom is 0.236 e. The number of rotatable bonds is 4.